The lowest BCUT2D eigenvalue weighted by Gasteiger charge is -2.29. The predicted octanol–water partition coefficient (Wildman–Crippen LogP) is 2.73. The van der Waals surface area contributed by atoms with Gasteiger partial charge in [-0.05, 0) is 38.5 Å². The molecule has 0 aromatic carbocycles. The van der Waals surface area contributed by atoms with Gasteiger partial charge in [0.1, 0.15) is 4.90 Å². The largest absolute Gasteiger partial charge is 0.268 e. The Morgan fingerprint density at radius 1 is 1.14 bits per heavy atom. The Kier molecular flexibility index (Phi) is 4.10. The van der Waals surface area contributed by atoms with E-state index in [0.29, 0.717) is 35.6 Å². The van der Waals surface area contributed by atoms with Crippen LogP contribution in [0.3, 0.4) is 0 Å². The highest BCUT2D eigenvalue weighted by atomic mass is 32.2. The van der Waals surface area contributed by atoms with Gasteiger partial charge in [0.15, 0.2) is 0 Å². The predicted molar refractivity (Wildman–Crippen MR) is 81.6 cm³/mol. The Hall–Kier alpha value is -0.880. The molecule has 0 amide bonds. The lowest BCUT2D eigenvalue weighted by molar-refractivity contribution is 0.288. The molecular formula is C15H25N3O2S. The number of sulfonamides is 1. The SMILES string of the molecule is Cc1nn(C2CCCC2)cc1S(=O)(=O)N1CCC(C)CC1. The number of hydrogen-bond acceptors (Lipinski definition) is 3. The van der Waals surface area contributed by atoms with Crippen LogP contribution in [0.1, 0.15) is 57.2 Å². The maximum absolute atomic E-state index is 12.8. The summed E-state index contributed by atoms with van der Waals surface area (Å²) in [4.78, 5) is 0.406. The van der Waals surface area contributed by atoms with Gasteiger partial charge in [-0.3, -0.25) is 4.68 Å². The number of aryl methyl sites for hydroxylation is 1. The van der Waals surface area contributed by atoms with Gasteiger partial charge in [-0.1, -0.05) is 19.8 Å². The lowest BCUT2D eigenvalue weighted by Crippen LogP contribution is -2.38. The van der Waals surface area contributed by atoms with E-state index in [0.717, 1.165) is 25.7 Å². The molecule has 0 spiro atoms. The van der Waals surface area contributed by atoms with Crippen molar-refractivity contribution in [2.45, 2.75) is 63.3 Å². The van der Waals surface area contributed by atoms with Gasteiger partial charge >= 0.3 is 0 Å². The van der Waals surface area contributed by atoms with Crippen molar-refractivity contribution >= 4 is 10.0 Å². The third-order valence-corrected chi connectivity index (χ3v) is 6.93. The Morgan fingerprint density at radius 2 is 1.76 bits per heavy atom. The highest BCUT2D eigenvalue weighted by Gasteiger charge is 2.31. The number of piperidine rings is 1. The molecular weight excluding hydrogens is 286 g/mol. The quantitative estimate of drug-likeness (QED) is 0.862. The van der Waals surface area contributed by atoms with E-state index in [-0.39, 0.29) is 0 Å². The monoisotopic (exact) mass is 311 g/mol. The van der Waals surface area contributed by atoms with Crippen molar-refractivity contribution < 1.29 is 8.42 Å². The molecule has 0 unspecified atom stereocenters. The molecule has 1 aromatic rings. The van der Waals surface area contributed by atoms with Crippen LogP contribution in [-0.2, 0) is 10.0 Å². The summed E-state index contributed by atoms with van der Waals surface area (Å²) in [6.45, 7) is 5.27. The van der Waals surface area contributed by atoms with Crippen LogP contribution in [0, 0.1) is 12.8 Å². The molecule has 0 atom stereocenters. The van der Waals surface area contributed by atoms with E-state index < -0.39 is 10.0 Å². The third kappa shape index (κ3) is 2.88. The van der Waals surface area contributed by atoms with E-state index >= 15 is 0 Å². The van der Waals surface area contributed by atoms with E-state index in [9.17, 15) is 8.42 Å². The second kappa shape index (κ2) is 5.72. The second-order valence-corrected chi connectivity index (χ2v) is 8.49. The summed E-state index contributed by atoms with van der Waals surface area (Å²) in [6.07, 6.45) is 8.33. The van der Waals surface area contributed by atoms with Gasteiger partial charge < -0.3 is 0 Å². The summed E-state index contributed by atoms with van der Waals surface area (Å²) in [7, 11) is -3.37. The van der Waals surface area contributed by atoms with Gasteiger partial charge in [0.05, 0.1) is 11.7 Å². The van der Waals surface area contributed by atoms with E-state index in [1.807, 2.05) is 11.6 Å². The molecule has 0 radical (unpaired) electrons. The molecule has 2 heterocycles. The third-order valence-electron chi connectivity index (χ3n) is 4.93. The summed E-state index contributed by atoms with van der Waals surface area (Å²) >= 11 is 0. The second-order valence-electron chi connectivity index (χ2n) is 6.58. The summed E-state index contributed by atoms with van der Waals surface area (Å²) < 4.78 is 29.2. The number of hydrogen-bond donors (Lipinski definition) is 0. The zero-order chi connectivity index (χ0) is 15.0. The fraction of sp³-hybridized carbons (Fsp3) is 0.800. The van der Waals surface area contributed by atoms with E-state index in [4.69, 9.17) is 0 Å². The van der Waals surface area contributed by atoms with Crippen LogP contribution in [0.15, 0.2) is 11.1 Å². The average molecular weight is 311 g/mol. The molecule has 118 valence electrons. The van der Waals surface area contributed by atoms with Crippen molar-refractivity contribution in [3.8, 4) is 0 Å². The van der Waals surface area contributed by atoms with Crippen molar-refractivity contribution in [2.24, 2.45) is 5.92 Å². The first kappa shape index (κ1) is 15.0. The van der Waals surface area contributed by atoms with Crippen molar-refractivity contribution in [2.75, 3.05) is 13.1 Å². The molecule has 21 heavy (non-hydrogen) atoms. The number of nitrogens with zero attached hydrogens (tertiary/aromatic N) is 3. The molecule has 0 bridgehead atoms. The van der Waals surface area contributed by atoms with Crippen LogP contribution < -0.4 is 0 Å². The standard InChI is InChI=1S/C15H25N3O2S/c1-12-7-9-17(10-8-12)21(19,20)15-11-18(16-13(15)2)14-5-3-4-6-14/h11-12,14H,3-10H2,1-2H3. The minimum atomic E-state index is -3.37. The topological polar surface area (TPSA) is 55.2 Å². The average Bonchev–Trinajstić information content (AvgIpc) is 3.08. The maximum atomic E-state index is 12.8. The minimum absolute atomic E-state index is 0.383. The molecule has 1 aliphatic heterocycles. The molecule has 1 aromatic heterocycles. The van der Waals surface area contributed by atoms with Crippen LogP contribution in [-0.4, -0.2) is 35.6 Å². The van der Waals surface area contributed by atoms with E-state index in [2.05, 4.69) is 12.0 Å². The van der Waals surface area contributed by atoms with Crippen LogP contribution in [0.5, 0.6) is 0 Å². The smallest absolute Gasteiger partial charge is 0.246 e. The summed E-state index contributed by atoms with van der Waals surface area (Å²) in [5, 5.41) is 4.48. The zero-order valence-electron chi connectivity index (χ0n) is 13.0. The van der Waals surface area contributed by atoms with Gasteiger partial charge in [0.2, 0.25) is 10.0 Å². The molecule has 2 fully saturated rings. The first-order chi connectivity index (χ1) is 9.98. The fourth-order valence-electron chi connectivity index (χ4n) is 3.44. The molecule has 0 N–H and O–H groups in total. The normalized spacial score (nSPS) is 23.0. The molecule has 6 heteroatoms. The van der Waals surface area contributed by atoms with Crippen LogP contribution in [0.4, 0.5) is 0 Å². The minimum Gasteiger partial charge on any atom is -0.268 e. The van der Waals surface area contributed by atoms with Crippen LogP contribution in [0.25, 0.3) is 0 Å². The number of aromatic nitrogens is 2. The Morgan fingerprint density at radius 3 is 2.38 bits per heavy atom. The Labute approximate surface area is 127 Å². The first-order valence-corrected chi connectivity index (χ1v) is 9.48. The molecule has 1 saturated carbocycles. The van der Waals surface area contributed by atoms with Gasteiger partial charge in [-0.15, -0.1) is 0 Å². The molecule has 1 saturated heterocycles. The van der Waals surface area contributed by atoms with Crippen molar-refractivity contribution in [3.05, 3.63) is 11.9 Å². The van der Waals surface area contributed by atoms with Gasteiger partial charge in [-0.25, -0.2) is 8.42 Å². The summed E-state index contributed by atoms with van der Waals surface area (Å²) in [5.74, 6) is 0.624. The lowest BCUT2D eigenvalue weighted by atomic mass is 10.0. The summed E-state index contributed by atoms with van der Waals surface area (Å²) in [6, 6.07) is 0.383. The fourth-order valence-corrected chi connectivity index (χ4v) is 5.06. The van der Waals surface area contributed by atoms with Gasteiger partial charge in [-0.2, -0.15) is 9.40 Å². The van der Waals surface area contributed by atoms with Gasteiger partial charge in [0.25, 0.3) is 0 Å². The van der Waals surface area contributed by atoms with Crippen LogP contribution in [0.2, 0.25) is 0 Å². The van der Waals surface area contributed by atoms with E-state index in [1.165, 1.54) is 12.8 Å². The maximum Gasteiger partial charge on any atom is 0.246 e. The van der Waals surface area contributed by atoms with E-state index in [1.54, 1.807) is 10.5 Å². The number of rotatable bonds is 3. The zero-order valence-corrected chi connectivity index (χ0v) is 13.8. The Bertz CT molecular complexity index is 594. The molecule has 1 aliphatic carbocycles. The first-order valence-electron chi connectivity index (χ1n) is 8.04. The highest BCUT2D eigenvalue weighted by molar-refractivity contribution is 7.89. The highest BCUT2D eigenvalue weighted by Crippen LogP contribution is 2.31. The van der Waals surface area contributed by atoms with Gasteiger partial charge in [0, 0.05) is 19.3 Å². The molecule has 2 aliphatic rings. The Balaban J connectivity index is 1.85. The summed E-state index contributed by atoms with van der Waals surface area (Å²) in [5.41, 5.74) is 0.639. The van der Waals surface area contributed by atoms with Crippen LogP contribution >= 0.6 is 0 Å². The molecule has 5 nitrogen and oxygen atoms in total. The molecule has 3 rings (SSSR count). The van der Waals surface area contributed by atoms with Crippen molar-refractivity contribution in [3.63, 3.8) is 0 Å². The van der Waals surface area contributed by atoms with Crippen molar-refractivity contribution in [1.29, 1.82) is 0 Å². The van der Waals surface area contributed by atoms with Crippen molar-refractivity contribution in [1.82, 2.24) is 14.1 Å².